The molecule has 1 N–H and O–H groups in total. The molecule has 5 heteroatoms. The summed E-state index contributed by atoms with van der Waals surface area (Å²) in [5, 5.41) is 3.35. The first-order valence-electron chi connectivity index (χ1n) is 10.9. The quantitative estimate of drug-likeness (QED) is 0.632. The molecule has 2 bridgehead atoms. The number of benzene rings is 1. The maximum absolute atomic E-state index is 12.3. The van der Waals surface area contributed by atoms with E-state index in [4.69, 9.17) is 9.47 Å². The van der Waals surface area contributed by atoms with Gasteiger partial charge in [0.05, 0.1) is 20.1 Å². The van der Waals surface area contributed by atoms with Crippen LogP contribution in [0.5, 0.6) is 5.75 Å². The Bertz CT molecular complexity index is 729. The third-order valence-corrected chi connectivity index (χ3v) is 7.11. The third kappa shape index (κ3) is 4.93. The molecule has 0 saturated heterocycles. The number of ether oxygens (including phenoxy) is 2. The first-order chi connectivity index (χ1) is 13.8. The van der Waals surface area contributed by atoms with E-state index in [2.05, 4.69) is 19.2 Å². The van der Waals surface area contributed by atoms with Gasteiger partial charge in [-0.25, -0.2) is 0 Å². The molecule has 1 amide bonds. The number of rotatable bonds is 9. The van der Waals surface area contributed by atoms with Crippen molar-refractivity contribution in [3.05, 3.63) is 29.8 Å². The van der Waals surface area contributed by atoms with Gasteiger partial charge in [0.15, 0.2) is 0 Å². The number of methoxy groups -OCH3 is 1. The average Bonchev–Trinajstić information content (AvgIpc) is 2.69. The number of amides is 1. The predicted molar refractivity (Wildman–Crippen MR) is 113 cm³/mol. The van der Waals surface area contributed by atoms with Gasteiger partial charge in [0.25, 0.3) is 0 Å². The van der Waals surface area contributed by atoms with Crippen molar-refractivity contribution < 1.29 is 19.1 Å². The molecule has 3 saturated carbocycles. The fourth-order valence-electron chi connectivity index (χ4n) is 5.22. The van der Waals surface area contributed by atoms with Crippen LogP contribution >= 0.6 is 0 Å². The molecule has 5 nitrogen and oxygen atoms in total. The SMILES string of the molecule is CCCC(=O)NC1C(CCOc2cccc(CC(=O)OC)c2)CC2CC1C2(C)C. The summed E-state index contributed by atoms with van der Waals surface area (Å²) >= 11 is 0. The lowest BCUT2D eigenvalue weighted by Gasteiger charge is -2.62. The number of carbonyl (C=O) groups is 2. The van der Waals surface area contributed by atoms with Crippen molar-refractivity contribution in [2.45, 2.75) is 65.3 Å². The maximum Gasteiger partial charge on any atom is 0.309 e. The van der Waals surface area contributed by atoms with Crippen molar-refractivity contribution in [1.82, 2.24) is 5.32 Å². The van der Waals surface area contributed by atoms with Crippen LogP contribution in [0.15, 0.2) is 24.3 Å². The number of esters is 1. The van der Waals surface area contributed by atoms with Gasteiger partial charge >= 0.3 is 5.97 Å². The molecule has 0 heterocycles. The molecule has 3 aliphatic carbocycles. The summed E-state index contributed by atoms with van der Waals surface area (Å²) in [6.45, 7) is 7.37. The smallest absolute Gasteiger partial charge is 0.309 e. The lowest BCUT2D eigenvalue weighted by molar-refractivity contribution is -0.140. The fourth-order valence-corrected chi connectivity index (χ4v) is 5.22. The van der Waals surface area contributed by atoms with Gasteiger partial charge in [-0.15, -0.1) is 0 Å². The first-order valence-corrected chi connectivity index (χ1v) is 10.9. The van der Waals surface area contributed by atoms with Crippen LogP contribution < -0.4 is 10.1 Å². The van der Waals surface area contributed by atoms with Crippen LogP contribution in [-0.4, -0.2) is 31.6 Å². The van der Waals surface area contributed by atoms with Gasteiger partial charge < -0.3 is 14.8 Å². The Balaban J connectivity index is 1.57. The van der Waals surface area contributed by atoms with Crippen LogP contribution in [0.2, 0.25) is 0 Å². The zero-order chi connectivity index (χ0) is 21.0. The molecule has 3 aliphatic rings. The zero-order valence-corrected chi connectivity index (χ0v) is 18.2. The van der Waals surface area contributed by atoms with E-state index in [1.54, 1.807) is 0 Å². The molecule has 1 aromatic carbocycles. The van der Waals surface area contributed by atoms with E-state index in [1.165, 1.54) is 13.5 Å². The molecule has 4 rings (SSSR count). The minimum Gasteiger partial charge on any atom is -0.494 e. The van der Waals surface area contributed by atoms with Gasteiger partial charge in [0.2, 0.25) is 5.91 Å². The summed E-state index contributed by atoms with van der Waals surface area (Å²) in [6, 6.07) is 7.88. The zero-order valence-electron chi connectivity index (χ0n) is 18.2. The fraction of sp³-hybridized carbons (Fsp3) is 0.667. The molecule has 3 fully saturated rings. The van der Waals surface area contributed by atoms with Crippen LogP contribution in [-0.2, 0) is 20.7 Å². The monoisotopic (exact) mass is 401 g/mol. The van der Waals surface area contributed by atoms with E-state index in [0.717, 1.165) is 36.5 Å². The van der Waals surface area contributed by atoms with E-state index in [-0.39, 0.29) is 24.3 Å². The molecule has 1 aromatic rings. The summed E-state index contributed by atoms with van der Waals surface area (Å²) in [5.74, 6) is 2.48. The highest BCUT2D eigenvalue weighted by atomic mass is 16.5. The van der Waals surface area contributed by atoms with Gasteiger partial charge in [0, 0.05) is 12.5 Å². The second kappa shape index (κ2) is 9.19. The highest BCUT2D eigenvalue weighted by Gasteiger charge is 2.57. The van der Waals surface area contributed by atoms with Crippen molar-refractivity contribution in [3.8, 4) is 5.75 Å². The first kappa shape index (κ1) is 21.7. The van der Waals surface area contributed by atoms with Crippen molar-refractivity contribution >= 4 is 11.9 Å². The lowest BCUT2D eigenvalue weighted by atomic mass is 9.44. The second-order valence-corrected chi connectivity index (χ2v) is 9.24. The molecule has 29 heavy (non-hydrogen) atoms. The Morgan fingerprint density at radius 3 is 2.72 bits per heavy atom. The highest BCUT2D eigenvalue weighted by molar-refractivity contribution is 5.76. The van der Waals surface area contributed by atoms with Crippen molar-refractivity contribution in [1.29, 1.82) is 0 Å². The number of carbonyl (C=O) groups excluding carboxylic acids is 2. The molecule has 0 spiro atoms. The molecule has 160 valence electrons. The Kier molecular flexibility index (Phi) is 6.86. The molecule has 0 radical (unpaired) electrons. The van der Waals surface area contributed by atoms with E-state index in [0.29, 0.717) is 30.3 Å². The average molecular weight is 402 g/mol. The van der Waals surface area contributed by atoms with Gasteiger partial charge in [-0.1, -0.05) is 32.9 Å². The summed E-state index contributed by atoms with van der Waals surface area (Å²) in [7, 11) is 1.40. The van der Waals surface area contributed by atoms with Crippen LogP contribution in [0.1, 0.15) is 58.4 Å². The summed E-state index contributed by atoms with van der Waals surface area (Å²) in [6.07, 6.45) is 5.05. The van der Waals surface area contributed by atoms with E-state index in [1.807, 2.05) is 31.2 Å². The molecule has 4 atom stereocenters. The lowest BCUT2D eigenvalue weighted by Crippen LogP contribution is -2.63. The second-order valence-electron chi connectivity index (χ2n) is 9.24. The molecular formula is C24H35NO4. The standard InChI is InChI=1S/C24H35NO4/c1-5-7-21(26)25-23-17(14-18-15-20(23)24(18,2)3)10-11-29-19-9-6-8-16(12-19)13-22(27)28-4/h6,8-9,12,17-18,20,23H,5,7,10-11,13-15H2,1-4H3,(H,25,26). The summed E-state index contributed by atoms with van der Waals surface area (Å²) in [4.78, 5) is 23.8. The normalized spacial score (nSPS) is 26.9. The summed E-state index contributed by atoms with van der Waals surface area (Å²) in [5.41, 5.74) is 1.21. The number of hydrogen-bond acceptors (Lipinski definition) is 4. The minimum absolute atomic E-state index is 0.181. The molecule has 0 aromatic heterocycles. The van der Waals surface area contributed by atoms with Crippen LogP contribution in [0.25, 0.3) is 0 Å². The number of nitrogens with one attached hydrogen (secondary N) is 1. The van der Waals surface area contributed by atoms with E-state index >= 15 is 0 Å². The van der Waals surface area contributed by atoms with Crippen LogP contribution in [0, 0.1) is 23.2 Å². The van der Waals surface area contributed by atoms with Crippen molar-refractivity contribution in [2.75, 3.05) is 13.7 Å². The topological polar surface area (TPSA) is 64.6 Å². The van der Waals surface area contributed by atoms with Gasteiger partial charge in [0.1, 0.15) is 5.75 Å². The highest BCUT2D eigenvalue weighted by Crippen LogP contribution is 2.61. The molecule has 0 aliphatic heterocycles. The third-order valence-electron chi connectivity index (χ3n) is 7.11. The summed E-state index contributed by atoms with van der Waals surface area (Å²) < 4.78 is 10.7. The Morgan fingerprint density at radius 1 is 1.24 bits per heavy atom. The Morgan fingerprint density at radius 2 is 2.03 bits per heavy atom. The largest absolute Gasteiger partial charge is 0.494 e. The Labute approximate surface area is 174 Å². The maximum atomic E-state index is 12.3. The van der Waals surface area contributed by atoms with Gasteiger partial charge in [-0.05, 0) is 66.5 Å². The van der Waals surface area contributed by atoms with E-state index < -0.39 is 0 Å². The van der Waals surface area contributed by atoms with Crippen molar-refractivity contribution in [3.63, 3.8) is 0 Å². The van der Waals surface area contributed by atoms with Crippen LogP contribution in [0.3, 0.4) is 0 Å². The molecule has 4 unspecified atom stereocenters. The van der Waals surface area contributed by atoms with Gasteiger partial charge in [-0.3, -0.25) is 9.59 Å². The van der Waals surface area contributed by atoms with E-state index in [9.17, 15) is 9.59 Å². The van der Waals surface area contributed by atoms with Crippen LogP contribution in [0.4, 0.5) is 0 Å². The molecular weight excluding hydrogens is 366 g/mol. The number of fused-ring (bicyclic) bond motifs is 2. The Hall–Kier alpha value is -2.04. The van der Waals surface area contributed by atoms with Crippen molar-refractivity contribution in [2.24, 2.45) is 23.2 Å². The predicted octanol–water partition coefficient (Wildman–Crippen LogP) is 4.14. The minimum atomic E-state index is -0.253. The number of hydrogen-bond donors (Lipinski definition) is 1. The van der Waals surface area contributed by atoms with Gasteiger partial charge in [-0.2, -0.15) is 0 Å².